The molecule has 2 saturated carbocycles. The van der Waals surface area contributed by atoms with Gasteiger partial charge in [-0.3, -0.25) is 0 Å². The van der Waals surface area contributed by atoms with E-state index in [2.05, 4.69) is 200 Å². The Morgan fingerprint density at radius 2 is 0.881 bits per heavy atom. The minimum atomic E-state index is -0.0650. The molecule has 0 saturated heterocycles. The molecule has 3 aliphatic rings. The highest BCUT2D eigenvalue weighted by molar-refractivity contribution is 5.95. The fourth-order valence-electron chi connectivity index (χ4n) is 11.0. The van der Waals surface area contributed by atoms with E-state index in [1.165, 1.54) is 124 Å². The Morgan fingerprint density at radius 1 is 0.407 bits per heavy atom. The number of rotatable bonds is 9. The summed E-state index contributed by atoms with van der Waals surface area (Å²) in [7, 11) is 0. The van der Waals surface area contributed by atoms with Gasteiger partial charge in [0.15, 0.2) is 0 Å². The lowest BCUT2D eigenvalue weighted by molar-refractivity contribution is 0.346. The largest absolute Gasteiger partial charge is 0.311 e. The van der Waals surface area contributed by atoms with Crippen LogP contribution < -0.4 is 9.80 Å². The van der Waals surface area contributed by atoms with Crippen LogP contribution in [0.3, 0.4) is 0 Å². The summed E-state index contributed by atoms with van der Waals surface area (Å²) in [5.74, 6) is 0.680. The maximum Gasteiger partial charge on any atom is 0.0543 e. The van der Waals surface area contributed by atoms with Gasteiger partial charge in [0, 0.05) is 44.8 Å². The Bertz CT molecular complexity index is 2470. The van der Waals surface area contributed by atoms with Crippen LogP contribution in [0, 0.1) is 0 Å². The first-order valence-electron chi connectivity index (χ1n) is 22.3. The van der Waals surface area contributed by atoms with Crippen LogP contribution in [0.5, 0.6) is 0 Å². The number of hydrogen-bond donors (Lipinski definition) is 0. The topological polar surface area (TPSA) is 6.48 Å². The summed E-state index contributed by atoms with van der Waals surface area (Å²) in [5.41, 5.74) is 17.0. The zero-order valence-electron chi connectivity index (χ0n) is 34.8. The third kappa shape index (κ3) is 6.77. The number of fused-ring (bicyclic) bond motifs is 3. The van der Waals surface area contributed by atoms with Gasteiger partial charge in [0.1, 0.15) is 0 Å². The second-order valence-electron chi connectivity index (χ2n) is 17.9. The van der Waals surface area contributed by atoms with Gasteiger partial charge in [0.05, 0.1) is 5.69 Å². The van der Waals surface area contributed by atoms with E-state index >= 15 is 0 Å². The van der Waals surface area contributed by atoms with E-state index in [1.54, 1.807) is 0 Å². The lowest BCUT2D eigenvalue weighted by Crippen LogP contribution is -2.30. The Morgan fingerprint density at radius 3 is 1.47 bits per heavy atom. The van der Waals surface area contributed by atoms with Crippen LogP contribution in [0.1, 0.15) is 112 Å². The molecule has 0 spiro atoms. The van der Waals surface area contributed by atoms with E-state index < -0.39 is 0 Å². The van der Waals surface area contributed by atoms with Crippen LogP contribution in [0.2, 0.25) is 0 Å². The molecule has 294 valence electrons. The second kappa shape index (κ2) is 15.7. The van der Waals surface area contributed by atoms with Crippen LogP contribution in [-0.2, 0) is 10.8 Å². The first-order valence-corrected chi connectivity index (χ1v) is 22.3. The van der Waals surface area contributed by atoms with Crippen molar-refractivity contribution in [1.29, 1.82) is 0 Å². The maximum absolute atomic E-state index is 2.54. The highest BCUT2D eigenvalue weighted by atomic mass is 15.1. The molecule has 2 nitrogen and oxygen atoms in total. The molecule has 0 heterocycles. The van der Waals surface area contributed by atoms with E-state index in [4.69, 9.17) is 0 Å². The van der Waals surface area contributed by atoms with E-state index in [-0.39, 0.29) is 10.8 Å². The highest BCUT2D eigenvalue weighted by Crippen LogP contribution is 2.54. The molecule has 59 heavy (non-hydrogen) atoms. The molecular formula is C57H56N2. The molecular weight excluding hydrogens is 713 g/mol. The average molecular weight is 769 g/mol. The third-order valence-electron chi connectivity index (χ3n) is 14.1. The normalized spacial score (nSPS) is 16.8. The van der Waals surface area contributed by atoms with Crippen LogP contribution >= 0.6 is 0 Å². The summed E-state index contributed by atoms with van der Waals surface area (Å²) >= 11 is 0. The molecule has 0 radical (unpaired) electrons. The maximum atomic E-state index is 2.54. The summed E-state index contributed by atoms with van der Waals surface area (Å²) < 4.78 is 0. The van der Waals surface area contributed by atoms with E-state index in [1.807, 2.05) is 0 Å². The molecule has 0 aromatic heterocycles. The minimum Gasteiger partial charge on any atom is -0.311 e. The summed E-state index contributed by atoms with van der Waals surface area (Å²) in [6.45, 7) is 4.77. The Kier molecular flexibility index (Phi) is 9.97. The second-order valence-corrected chi connectivity index (χ2v) is 17.9. The van der Waals surface area contributed by atoms with Gasteiger partial charge in [-0.15, -0.1) is 0 Å². The van der Waals surface area contributed by atoms with E-state index in [9.17, 15) is 0 Å². The minimum absolute atomic E-state index is 0.0247. The molecule has 7 aromatic carbocycles. The number of nitrogens with zero attached hydrogens (tertiary/aromatic N) is 2. The smallest absolute Gasteiger partial charge is 0.0543 e. The van der Waals surface area contributed by atoms with Gasteiger partial charge in [-0.25, -0.2) is 0 Å². The summed E-state index contributed by atoms with van der Waals surface area (Å²) in [6, 6.07) is 66.4. The van der Waals surface area contributed by atoms with Crippen LogP contribution in [0.4, 0.5) is 34.1 Å². The summed E-state index contributed by atoms with van der Waals surface area (Å²) in [6.07, 6.45) is 12.8. The molecule has 0 atom stereocenters. The molecule has 10 rings (SSSR count). The Hall–Kier alpha value is -5.86. The van der Waals surface area contributed by atoms with Crippen molar-refractivity contribution in [1.82, 2.24) is 0 Å². The van der Waals surface area contributed by atoms with Gasteiger partial charge < -0.3 is 9.80 Å². The molecule has 0 aliphatic heterocycles. The third-order valence-corrected chi connectivity index (χ3v) is 14.1. The fraction of sp³-hybridized carbons (Fsp3) is 0.263. The zero-order chi connectivity index (χ0) is 39.8. The van der Waals surface area contributed by atoms with Crippen molar-refractivity contribution >= 4 is 34.1 Å². The molecule has 0 amide bonds. The quantitative estimate of drug-likeness (QED) is 0.144. The molecule has 2 fully saturated rings. The molecule has 0 unspecified atom stereocenters. The molecule has 0 bridgehead atoms. The van der Waals surface area contributed by atoms with Gasteiger partial charge in [-0.05, 0) is 132 Å². The Labute approximate surface area is 352 Å². The SMILES string of the molecule is CC1(C)c2ccccc2-c2c(N(c3ccc(C4CCCCC4)cc3)c3ccc(C4(c5ccc(N(c6ccccc6)c6ccccc6)cc5)CCCCC4)cc3)cccc21. The van der Waals surface area contributed by atoms with Crippen LogP contribution in [0.15, 0.2) is 176 Å². The fourth-order valence-corrected chi connectivity index (χ4v) is 11.0. The van der Waals surface area contributed by atoms with Crippen molar-refractivity contribution in [2.75, 3.05) is 9.80 Å². The predicted molar refractivity (Wildman–Crippen MR) is 250 cm³/mol. The standard InChI is InChI=1S/C57H56N2/c1-56(2)52-25-14-13-24-51(52)55-53(56)26-17-27-54(55)59(49-34-28-43(29-35-49)42-18-7-3-8-19-42)50-38-32-45(33-39-50)57(40-15-6-16-41-57)44-30-36-48(37-31-44)58(46-20-9-4-10-21-46)47-22-11-5-12-23-47/h4-5,9-14,17,20-39,42H,3,6-8,15-16,18-19,40-41H2,1-2H3. The number of anilines is 6. The molecule has 2 heteroatoms. The van der Waals surface area contributed by atoms with Crippen molar-refractivity contribution < 1.29 is 0 Å². The van der Waals surface area contributed by atoms with Crippen LogP contribution in [-0.4, -0.2) is 0 Å². The zero-order valence-corrected chi connectivity index (χ0v) is 34.8. The average Bonchev–Trinajstić information content (AvgIpc) is 3.55. The van der Waals surface area contributed by atoms with Gasteiger partial charge in [-0.2, -0.15) is 0 Å². The monoisotopic (exact) mass is 768 g/mol. The summed E-state index contributed by atoms with van der Waals surface area (Å²) in [5, 5.41) is 0. The van der Waals surface area contributed by atoms with Crippen molar-refractivity contribution in [3.05, 3.63) is 204 Å². The van der Waals surface area contributed by atoms with Gasteiger partial charge in [0.25, 0.3) is 0 Å². The first-order chi connectivity index (χ1) is 29.0. The van der Waals surface area contributed by atoms with Gasteiger partial charge in [-0.1, -0.05) is 162 Å². The van der Waals surface area contributed by atoms with Crippen molar-refractivity contribution in [2.24, 2.45) is 0 Å². The predicted octanol–water partition coefficient (Wildman–Crippen LogP) is 16.2. The van der Waals surface area contributed by atoms with E-state index in [0.29, 0.717) is 5.92 Å². The number of hydrogen-bond acceptors (Lipinski definition) is 2. The number of para-hydroxylation sites is 2. The molecule has 7 aromatic rings. The van der Waals surface area contributed by atoms with Gasteiger partial charge in [0.2, 0.25) is 0 Å². The molecule has 3 aliphatic carbocycles. The lowest BCUT2D eigenvalue weighted by atomic mass is 9.65. The van der Waals surface area contributed by atoms with Crippen molar-refractivity contribution in [2.45, 2.75) is 94.8 Å². The van der Waals surface area contributed by atoms with Gasteiger partial charge >= 0.3 is 0 Å². The van der Waals surface area contributed by atoms with E-state index in [0.717, 1.165) is 12.8 Å². The Balaban J connectivity index is 1.05. The molecule has 0 N–H and O–H groups in total. The highest BCUT2D eigenvalue weighted by Gasteiger charge is 2.39. The van der Waals surface area contributed by atoms with Crippen molar-refractivity contribution in [3.63, 3.8) is 0 Å². The first kappa shape index (κ1) is 37.4. The lowest BCUT2D eigenvalue weighted by Gasteiger charge is -2.39. The number of benzene rings is 7. The van der Waals surface area contributed by atoms with Crippen LogP contribution in [0.25, 0.3) is 11.1 Å². The summed E-state index contributed by atoms with van der Waals surface area (Å²) in [4.78, 5) is 4.90. The van der Waals surface area contributed by atoms with Crippen molar-refractivity contribution in [3.8, 4) is 11.1 Å².